The monoisotopic (exact) mass is 112 g/mol. The van der Waals surface area contributed by atoms with Crippen LogP contribution in [0.1, 0.15) is 0 Å². The van der Waals surface area contributed by atoms with Gasteiger partial charge in [0, 0.05) is 0 Å². The molecule has 0 heterocycles. The Kier molecular flexibility index (Phi) is 2.37. The predicted octanol–water partition coefficient (Wildman–Crippen LogP) is 1.40. The summed E-state index contributed by atoms with van der Waals surface area (Å²) in [6.07, 6.45) is 7.13. The van der Waals surface area contributed by atoms with Crippen molar-refractivity contribution in [2.45, 2.75) is 0 Å². The third kappa shape index (κ3) is 1.45. The summed E-state index contributed by atoms with van der Waals surface area (Å²) < 4.78 is 22.6. The second-order valence-electron chi connectivity index (χ2n) is 0.924. The zero-order valence-corrected chi connectivity index (χ0v) is 3.91. The van der Waals surface area contributed by atoms with Gasteiger partial charge in [-0.05, 0) is 0 Å². The molecule has 0 bridgehead atoms. The standard InChI is InChI=1S/C6H2F2/c1-3-5(4-2)6(7)8/h1-2H. The van der Waals surface area contributed by atoms with Crippen LogP contribution >= 0.6 is 0 Å². The van der Waals surface area contributed by atoms with E-state index in [1.54, 1.807) is 11.8 Å². The normalized spacial score (nSPS) is 6.50. The summed E-state index contributed by atoms with van der Waals surface area (Å²) in [5, 5.41) is 0. The van der Waals surface area contributed by atoms with Crippen molar-refractivity contribution < 1.29 is 8.78 Å². The van der Waals surface area contributed by atoms with Gasteiger partial charge in [-0.2, -0.15) is 8.78 Å². The summed E-state index contributed by atoms with van der Waals surface area (Å²) >= 11 is 0. The smallest absolute Gasteiger partial charge is 0.171 e. The molecule has 0 fully saturated rings. The Morgan fingerprint density at radius 1 is 1.12 bits per heavy atom. The van der Waals surface area contributed by atoms with Gasteiger partial charge in [0.1, 0.15) is 5.57 Å². The molecule has 2 heteroatoms. The molecule has 40 valence electrons. The van der Waals surface area contributed by atoms with Crippen LogP contribution < -0.4 is 0 Å². The van der Waals surface area contributed by atoms with Crippen LogP contribution in [0.25, 0.3) is 0 Å². The average molecular weight is 112 g/mol. The van der Waals surface area contributed by atoms with Crippen LogP contribution in [0.3, 0.4) is 0 Å². The second-order valence-corrected chi connectivity index (χ2v) is 0.924. The topological polar surface area (TPSA) is 0 Å². The lowest BCUT2D eigenvalue weighted by Crippen LogP contribution is -1.71. The fourth-order valence-corrected chi connectivity index (χ4v) is 0.151. The number of hydrogen-bond acceptors (Lipinski definition) is 0. The van der Waals surface area contributed by atoms with Crippen molar-refractivity contribution in [3.8, 4) is 24.7 Å². The lowest BCUT2D eigenvalue weighted by molar-refractivity contribution is 0.418. The van der Waals surface area contributed by atoms with Crippen molar-refractivity contribution in [1.82, 2.24) is 0 Å². The Morgan fingerprint density at radius 3 is 1.50 bits per heavy atom. The summed E-state index contributed by atoms with van der Waals surface area (Å²) in [5.41, 5.74) is -0.676. The molecule has 0 aromatic heterocycles. The quantitative estimate of drug-likeness (QED) is 0.415. The van der Waals surface area contributed by atoms with Gasteiger partial charge in [0.25, 0.3) is 6.08 Å². The Labute approximate surface area is 46.2 Å². The van der Waals surface area contributed by atoms with Crippen LogP contribution in [-0.4, -0.2) is 0 Å². The van der Waals surface area contributed by atoms with Crippen molar-refractivity contribution in [3.63, 3.8) is 0 Å². The fraction of sp³-hybridized carbons (Fsp3) is 0. The van der Waals surface area contributed by atoms with Crippen LogP contribution in [0.2, 0.25) is 0 Å². The van der Waals surface area contributed by atoms with E-state index in [2.05, 4.69) is 12.8 Å². The number of terminal acetylenes is 2. The van der Waals surface area contributed by atoms with E-state index < -0.39 is 11.7 Å². The SMILES string of the molecule is C#CC(C#C)=C(F)F. The van der Waals surface area contributed by atoms with Crippen molar-refractivity contribution in [2.24, 2.45) is 0 Å². The maximum atomic E-state index is 11.3. The van der Waals surface area contributed by atoms with Crippen LogP contribution in [0, 0.1) is 24.7 Å². The fourth-order valence-electron chi connectivity index (χ4n) is 0.151. The number of allylic oxidation sites excluding steroid dienone is 1. The third-order valence-corrected chi connectivity index (χ3v) is 0.478. The molecule has 0 nitrogen and oxygen atoms in total. The van der Waals surface area contributed by atoms with Crippen molar-refractivity contribution in [2.75, 3.05) is 0 Å². The van der Waals surface area contributed by atoms with E-state index in [0.29, 0.717) is 0 Å². The molecular weight excluding hydrogens is 110 g/mol. The first-order valence-electron chi connectivity index (χ1n) is 1.71. The van der Waals surface area contributed by atoms with Crippen molar-refractivity contribution in [3.05, 3.63) is 11.7 Å². The van der Waals surface area contributed by atoms with Gasteiger partial charge in [0.05, 0.1) is 0 Å². The Balaban J connectivity index is 4.47. The zero-order chi connectivity index (χ0) is 6.57. The second kappa shape index (κ2) is 2.82. The Morgan fingerprint density at radius 2 is 1.50 bits per heavy atom. The van der Waals surface area contributed by atoms with E-state index in [1.165, 1.54) is 0 Å². The largest absolute Gasteiger partial charge is 0.294 e. The molecule has 0 aliphatic rings. The maximum absolute atomic E-state index is 11.3. The highest BCUT2D eigenvalue weighted by molar-refractivity contribution is 5.41. The maximum Gasteiger partial charge on any atom is 0.294 e. The van der Waals surface area contributed by atoms with Gasteiger partial charge in [0.2, 0.25) is 0 Å². The Hall–Kier alpha value is -1.28. The molecule has 0 amide bonds. The van der Waals surface area contributed by atoms with Crippen molar-refractivity contribution in [1.29, 1.82) is 0 Å². The molecule has 0 aromatic rings. The van der Waals surface area contributed by atoms with Gasteiger partial charge in [-0.15, -0.1) is 12.8 Å². The highest BCUT2D eigenvalue weighted by atomic mass is 19.3. The summed E-state index contributed by atoms with van der Waals surface area (Å²) in [4.78, 5) is 0. The first kappa shape index (κ1) is 6.72. The molecule has 0 rings (SSSR count). The van der Waals surface area contributed by atoms with Gasteiger partial charge in [-0.3, -0.25) is 0 Å². The minimum absolute atomic E-state index is 0.676. The van der Waals surface area contributed by atoms with E-state index in [-0.39, 0.29) is 0 Å². The summed E-state index contributed by atoms with van der Waals surface area (Å²) in [6, 6.07) is 0. The van der Waals surface area contributed by atoms with E-state index >= 15 is 0 Å². The lowest BCUT2D eigenvalue weighted by atomic mass is 10.3. The van der Waals surface area contributed by atoms with E-state index in [1.807, 2.05) is 0 Å². The number of rotatable bonds is 0. The van der Waals surface area contributed by atoms with E-state index in [0.717, 1.165) is 0 Å². The molecular formula is C6H2F2. The molecule has 0 aliphatic heterocycles. The van der Waals surface area contributed by atoms with E-state index in [9.17, 15) is 8.78 Å². The van der Waals surface area contributed by atoms with Gasteiger partial charge in [-0.1, -0.05) is 11.8 Å². The Bertz CT molecular complexity index is 168. The lowest BCUT2D eigenvalue weighted by Gasteiger charge is -1.78. The van der Waals surface area contributed by atoms with Crippen LogP contribution in [0.4, 0.5) is 8.78 Å². The molecule has 0 radical (unpaired) electrons. The first-order valence-corrected chi connectivity index (χ1v) is 1.71. The van der Waals surface area contributed by atoms with Gasteiger partial charge >= 0.3 is 0 Å². The summed E-state index contributed by atoms with van der Waals surface area (Å²) in [5.74, 6) is 3.29. The molecule has 0 spiro atoms. The summed E-state index contributed by atoms with van der Waals surface area (Å²) in [7, 11) is 0. The van der Waals surface area contributed by atoms with Crippen LogP contribution in [-0.2, 0) is 0 Å². The molecule has 0 aromatic carbocycles. The molecule has 0 atom stereocenters. The molecule has 0 saturated carbocycles. The van der Waals surface area contributed by atoms with Crippen molar-refractivity contribution >= 4 is 0 Å². The summed E-state index contributed by atoms with van der Waals surface area (Å²) in [6.45, 7) is 0. The van der Waals surface area contributed by atoms with Crippen LogP contribution in [0.15, 0.2) is 11.7 Å². The minimum atomic E-state index is -1.98. The minimum Gasteiger partial charge on any atom is -0.171 e. The van der Waals surface area contributed by atoms with Gasteiger partial charge in [-0.25, -0.2) is 0 Å². The zero-order valence-electron chi connectivity index (χ0n) is 3.91. The van der Waals surface area contributed by atoms with E-state index in [4.69, 9.17) is 0 Å². The van der Waals surface area contributed by atoms with Gasteiger partial charge < -0.3 is 0 Å². The highest BCUT2D eigenvalue weighted by Gasteiger charge is 1.94. The van der Waals surface area contributed by atoms with Gasteiger partial charge in [0.15, 0.2) is 0 Å². The number of hydrogen-bond donors (Lipinski definition) is 0. The molecule has 0 saturated heterocycles. The third-order valence-electron chi connectivity index (χ3n) is 0.478. The van der Waals surface area contributed by atoms with Crippen LogP contribution in [0.5, 0.6) is 0 Å². The predicted molar refractivity (Wildman–Crippen MR) is 26.9 cm³/mol. The highest BCUT2D eigenvalue weighted by Crippen LogP contribution is 2.03. The molecule has 0 aliphatic carbocycles. The number of halogens is 2. The molecule has 0 N–H and O–H groups in total. The first-order chi connectivity index (χ1) is 3.72. The average Bonchev–Trinajstić information content (AvgIpc) is 1.69. The molecule has 8 heavy (non-hydrogen) atoms. The molecule has 0 unspecified atom stereocenters.